The van der Waals surface area contributed by atoms with Crippen LogP contribution in [-0.2, 0) is 6.42 Å². The largest absolute Gasteiger partial charge is 0.382 e. The van der Waals surface area contributed by atoms with Gasteiger partial charge in [-0.15, -0.1) is 0 Å². The Kier molecular flexibility index (Phi) is 1.57. The average molecular weight is 147 g/mol. The first-order valence-electron chi connectivity index (χ1n) is 4.21. The lowest BCUT2D eigenvalue weighted by atomic mass is 9.99. The summed E-state index contributed by atoms with van der Waals surface area (Å²) in [5.74, 6) is 0. The lowest BCUT2D eigenvalue weighted by Gasteiger charge is -2.23. The Labute approximate surface area is 67.4 Å². The van der Waals surface area contributed by atoms with Gasteiger partial charge >= 0.3 is 0 Å². The fourth-order valence-electron chi connectivity index (χ4n) is 1.59. The molecule has 11 heavy (non-hydrogen) atoms. The minimum Gasteiger partial charge on any atom is -0.382 e. The van der Waals surface area contributed by atoms with E-state index >= 15 is 0 Å². The van der Waals surface area contributed by atoms with Crippen LogP contribution in [0.4, 0.5) is 5.69 Å². The molecule has 58 valence electrons. The molecule has 0 spiro atoms. The highest BCUT2D eigenvalue weighted by Gasteiger charge is 2.11. The molecular formula is C10H13N. The molecule has 1 aromatic rings. The molecule has 2 rings (SSSR count). The minimum atomic E-state index is 0.643. The maximum atomic E-state index is 3.46. The number of anilines is 1. The summed E-state index contributed by atoms with van der Waals surface area (Å²) in [6.07, 6.45) is 2.49. The molecule has 1 N–H and O–H groups in total. The Balaban J connectivity index is 2.34. The number of fused-ring (bicyclic) bond motifs is 1. The SMILES string of the molecule is C[C@@H]1CCc2ccccc2N1. The zero-order valence-electron chi connectivity index (χ0n) is 6.80. The quantitative estimate of drug-likeness (QED) is 0.594. The number of nitrogens with one attached hydrogen (secondary N) is 1. The van der Waals surface area contributed by atoms with Gasteiger partial charge < -0.3 is 5.32 Å². The Bertz CT molecular complexity index is 255. The molecular weight excluding hydrogens is 134 g/mol. The lowest BCUT2D eigenvalue weighted by Crippen LogP contribution is -2.21. The van der Waals surface area contributed by atoms with Gasteiger partial charge in [0.2, 0.25) is 0 Å². The van der Waals surface area contributed by atoms with Crippen LogP contribution in [0.3, 0.4) is 0 Å². The van der Waals surface area contributed by atoms with E-state index < -0.39 is 0 Å². The van der Waals surface area contributed by atoms with Crippen LogP contribution in [-0.4, -0.2) is 6.04 Å². The summed E-state index contributed by atoms with van der Waals surface area (Å²) in [5, 5.41) is 3.46. The van der Waals surface area contributed by atoms with E-state index in [9.17, 15) is 0 Å². The third kappa shape index (κ3) is 1.23. The molecule has 0 amide bonds. The smallest absolute Gasteiger partial charge is 0.0374 e. The molecule has 1 heterocycles. The monoisotopic (exact) mass is 147 g/mol. The van der Waals surface area contributed by atoms with Gasteiger partial charge in [-0.3, -0.25) is 0 Å². The van der Waals surface area contributed by atoms with E-state index in [4.69, 9.17) is 0 Å². The fourth-order valence-corrected chi connectivity index (χ4v) is 1.59. The normalized spacial score (nSPS) is 22.1. The van der Waals surface area contributed by atoms with E-state index in [1.165, 1.54) is 24.1 Å². The molecule has 0 aromatic heterocycles. The first kappa shape index (κ1) is 6.71. The van der Waals surface area contributed by atoms with Crippen LogP contribution in [0.2, 0.25) is 0 Å². The van der Waals surface area contributed by atoms with Crippen LogP contribution in [0.5, 0.6) is 0 Å². The zero-order valence-corrected chi connectivity index (χ0v) is 6.80. The van der Waals surface area contributed by atoms with Crippen molar-refractivity contribution < 1.29 is 0 Å². The van der Waals surface area contributed by atoms with Crippen molar-refractivity contribution in [2.45, 2.75) is 25.8 Å². The molecule has 1 aliphatic heterocycles. The highest BCUT2D eigenvalue weighted by atomic mass is 14.9. The molecule has 1 nitrogen and oxygen atoms in total. The van der Waals surface area contributed by atoms with Gasteiger partial charge in [0.05, 0.1) is 0 Å². The fraction of sp³-hybridized carbons (Fsp3) is 0.400. The Morgan fingerprint density at radius 2 is 2.18 bits per heavy atom. The van der Waals surface area contributed by atoms with Crippen molar-refractivity contribution in [3.05, 3.63) is 29.8 Å². The van der Waals surface area contributed by atoms with Crippen molar-refractivity contribution in [1.82, 2.24) is 0 Å². The summed E-state index contributed by atoms with van der Waals surface area (Å²) in [4.78, 5) is 0. The molecule has 0 fully saturated rings. The lowest BCUT2D eigenvalue weighted by molar-refractivity contribution is 0.681. The Hall–Kier alpha value is -0.980. The van der Waals surface area contributed by atoms with Crippen LogP contribution >= 0.6 is 0 Å². The standard InChI is InChI=1S/C10H13N/c1-8-6-7-9-4-2-3-5-10(9)11-8/h2-5,8,11H,6-7H2,1H3/t8-/m1/s1. The molecule has 0 saturated heterocycles. The van der Waals surface area contributed by atoms with Gasteiger partial charge in [-0.2, -0.15) is 0 Å². The second kappa shape index (κ2) is 2.57. The van der Waals surface area contributed by atoms with Crippen LogP contribution in [0.15, 0.2) is 24.3 Å². The second-order valence-corrected chi connectivity index (χ2v) is 3.24. The summed E-state index contributed by atoms with van der Waals surface area (Å²) >= 11 is 0. The van der Waals surface area contributed by atoms with Crippen LogP contribution in [0, 0.1) is 0 Å². The third-order valence-electron chi connectivity index (χ3n) is 2.27. The molecule has 0 bridgehead atoms. The maximum absolute atomic E-state index is 3.46. The highest BCUT2D eigenvalue weighted by Crippen LogP contribution is 2.23. The van der Waals surface area contributed by atoms with E-state index in [0.29, 0.717) is 6.04 Å². The maximum Gasteiger partial charge on any atom is 0.0374 e. The van der Waals surface area contributed by atoms with Crippen molar-refractivity contribution in [2.24, 2.45) is 0 Å². The van der Waals surface area contributed by atoms with Gasteiger partial charge in [-0.05, 0) is 31.4 Å². The van der Waals surface area contributed by atoms with E-state index in [1.807, 2.05) is 0 Å². The van der Waals surface area contributed by atoms with Crippen molar-refractivity contribution in [3.63, 3.8) is 0 Å². The second-order valence-electron chi connectivity index (χ2n) is 3.24. The summed E-state index contributed by atoms with van der Waals surface area (Å²) in [6, 6.07) is 9.20. The van der Waals surface area contributed by atoms with Crippen LogP contribution < -0.4 is 5.32 Å². The van der Waals surface area contributed by atoms with Gasteiger partial charge in [-0.1, -0.05) is 18.2 Å². The summed E-state index contributed by atoms with van der Waals surface area (Å²) in [6.45, 7) is 2.23. The molecule has 0 unspecified atom stereocenters. The van der Waals surface area contributed by atoms with E-state index in [-0.39, 0.29) is 0 Å². The van der Waals surface area contributed by atoms with Gasteiger partial charge in [0.1, 0.15) is 0 Å². The van der Waals surface area contributed by atoms with Gasteiger partial charge in [-0.25, -0.2) is 0 Å². The number of aryl methyl sites for hydroxylation is 1. The van der Waals surface area contributed by atoms with Gasteiger partial charge in [0.25, 0.3) is 0 Å². The number of hydrogen-bond acceptors (Lipinski definition) is 1. The predicted molar refractivity (Wildman–Crippen MR) is 47.8 cm³/mol. The van der Waals surface area contributed by atoms with E-state index in [0.717, 1.165) is 0 Å². The Morgan fingerprint density at radius 3 is 3.09 bits per heavy atom. The number of para-hydroxylation sites is 1. The van der Waals surface area contributed by atoms with Crippen LogP contribution in [0.25, 0.3) is 0 Å². The van der Waals surface area contributed by atoms with Gasteiger partial charge in [0, 0.05) is 11.7 Å². The predicted octanol–water partition coefficient (Wildman–Crippen LogP) is 2.43. The molecule has 1 aromatic carbocycles. The summed E-state index contributed by atoms with van der Waals surface area (Å²) in [5.41, 5.74) is 2.79. The Morgan fingerprint density at radius 1 is 1.36 bits per heavy atom. The first-order valence-corrected chi connectivity index (χ1v) is 4.21. The molecule has 1 heteroatoms. The molecule has 1 aliphatic rings. The molecule has 0 saturated carbocycles. The number of hydrogen-bond donors (Lipinski definition) is 1. The van der Waals surface area contributed by atoms with Crippen molar-refractivity contribution in [3.8, 4) is 0 Å². The number of rotatable bonds is 0. The molecule has 0 aliphatic carbocycles. The zero-order chi connectivity index (χ0) is 7.68. The summed E-state index contributed by atoms with van der Waals surface area (Å²) < 4.78 is 0. The van der Waals surface area contributed by atoms with E-state index in [2.05, 4.69) is 36.5 Å². The average Bonchev–Trinajstić information content (AvgIpc) is 2.04. The summed E-state index contributed by atoms with van der Waals surface area (Å²) in [7, 11) is 0. The van der Waals surface area contributed by atoms with Gasteiger partial charge in [0.15, 0.2) is 0 Å². The van der Waals surface area contributed by atoms with Crippen LogP contribution in [0.1, 0.15) is 18.9 Å². The molecule has 1 atom stereocenters. The number of benzene rings is 1. The molecule has 0 radical (unpaired) electrons. The topological polar surface area (TPSA) is 12.0 Å². The highest BCUT2D eigenvalue weighted by molar-refractivity contribution is 5.53. The van der Waals surface area contributed by atoms with Crippen molar-refractivity contribution in [1.29, 1.82) is 0 Å². The third-order valence-corrected chi connectivity index (χ3v) is 2.27. The van der Waals surface area contributed by atoms with E-state index in [1.54, 1.807) is 0 Å². The van der Waals surface area contributed by atoms with Crippen molar-refractivity contribution >= 4 is 5.69 Å². The minimum absolute atomic E-state index is 0.643. The van der Waals surface area contributed by atoms with Crippen molar-refractivity contribution in [2.75, 3.05) is 5.32 Å². The first-order chi connectivity index (χ1) is 5.36.